The zero-order valence-corrected chi connectivity index (χ0v) is 15.6. The molecule has 3 heterocycles. The number of hydrogen-bond donors (Lipinski definition) is 0. The van der Waals surface area contributed by atoms with Gasteiger partial charge in [0, 0.05) is 38.1 Å². The monoisotopic (exact) mass is 376 g/mol. The van der Waals surface area contributed by atoms with Crippen LogP contribution < -0.4 is 15.5 Å². The Morgan fingerprint density at radius 3 is 2.61 bits per heavy atom. The van der Waals surface area contributed by atoms with E-state index in [1.54, 1.807) is 10.7 Å². The van der Waals surface area contributed by atoms with Gasteiger partial charge in [0.2, 0.25) is 5.95 Å². The Labute approximate surface area is 162 Å². The van der Waals surface area contributed by atoms with Crippen LogP contribution in [0.25, 0.3) is 0 Å². The van der Waals surface area contributed by atoms with Gasteiger partial charge in [-0.1, -0.05) is 6.07 Å². The van der Waals surface area contributed by atoms with Crippen LogP contribution in [0.1, 0.15) is 11.3 Å². The van der Waals surface area contributed by atoms with E-state index in [-0.39, 0.29) is 12.4 Å². The Bertz CT molecular complexity index is 1070. The van der Waals surface area contributed by atoms with Crippen molar-refractivity contribution >= 4 is 11.6 Å². The highest BCUT2D eigenvalue weighted by molar-refractivity contribution is 5.52. The summed E-state index contributed by atoms with van der Waals surface area (Å²) in [6, 6.07) is 11.6. The average molecular weight is 376 g/mol. The van der Waals surface area contributed by atoms with Crippen LogP contribution in [0.15, 0.2) is 47.7 Å². The fourth-order valence-electron chi connectivity index (χ4n) is 3.23. The molecule has 0 atom stereocenters. The summed E-state index contributed by atoms with van der Waals surface area (Å²) in [5, 5.41) is 13.3. The fraction of sp³-hybridized carbons (Fsp3) is 0.316. The zero-order valence-electron chi connectivity index (χ0n) is 15.6. The third kappa shape index (κ3) is 3.71. The molecule has 2 aromatic heterocycles. The van der Waals surface area contributed by atoms with Gasteiger partial charge in [-0.05, 0) is 31.2 Å². The van der Waals surface area contributed by atoms with Crippen molar-refractivity contribution in [2.24, 2.45) is 0 Å². The molecule has 0 spiro atoms. The fourth-order valence-corrected chi connectivity index (χ4v) is 3.23. The van der Waals surface area contributed by atoms with E-state index in [2.05, 4.69) is 26.0 Å². The van der Waals surface area contributed by atoms with Gasteiger partial charge < -0.3 is 9.80 Å². The lowest BCUT2D eigenvalue weighted by atomic mass is 10.2. The standard InChI is InChI=1S/C19H20N8O/c1-15-5-6-27(23-15)14-26-13-21-18(22-19(26)28)25-9-7-24(8-10-25)17-4-2-3-16(11-17)12-20/h2-6,11,13H,7-10,14H2,1H3. The molecule has 3 aromatic rings. The van der Waals surface area contributed by atoms with Gasteiger partial charge >= 0.3 is 5.69 Å². The smallest absolute Gasteiger partial charge is 0.353 e. The van der Waals surface area contributed by atoms with E-state index in [9.17, 15) is 4.79 Å². The SMILES string of the molecule is Cc1ccn(Cn2cnc(N3CCN(c4cccc(C#N)c4)CC3)nc2=O)n1. The largest absolute Gasteiger partial charge is 0.368 e. The van der Waals surface area contributed by atoms with Crippen LogP contribution in [0, 0.1) is 18.3 Å². The summed E-state index contributed by atoms with van der Waals surface area (Å²) in [5.74, 6) is 0.448. The van der Waals surface area contributed by atoms with E-state index in [0.29, 0.717) is 24.6 Å². The quantitative estimate of drug-likeness (QED) is 0.666. The first-order valence-electron chi connectivity index (χ1n) is 9.06. The molecule has 0 radical (unpaired) electrons. The van der Waals surface area contributed by atoms with Crippen molar-refractivity contribution in [3.63, 3.8) is 0 Å². The number of rotatable bonds is 4. The molecule has 0 aliphatic carbocycles. The molecule has 28 heavy (non-hydrogen) atoms. The van der Waals surface area contributed by atoms with E-state index < -0.39 is 0 Å². The van der Waals surface area contributed by atoms with Gasteiger partial charge in [0.05, 0.1) is 17.3 Å². The van der Waals surface area contributed by atoms with Crippen LogP contribution in [-0.2, 0) is 6.67 Å². The maximum Gasteiger partial charge on any atom is 0.353 e. The molecule has 9 nitrogen and oxygen atoms in total. The Hall–Kier alpha value is -3.67. The van der Waals surface area contributed by atoms with Crippen molar-refractivity contribution in [3.05, 3.63) is 64.6 Å². The number of nitrogens with zero attached hydrogens (tertiary/aromatic N) is 8. The number of aromatic nitrogens is 5. The second-order valence-electron chi connectivity index (χ2n) is 6.68. The van der Waals surface area contributed by atoms with Crippen molar-refractivity contribution in [1.82, 2.24) is 24.3 Å². The van der Waals surface area contributed by atoms with Crippen LogP contribution in [0.3, 0.4) is 0 Å². The molecule has 9 heteroatoms. The lowest BCUT2D eigenvalue weighted by Crippen LogP contribution is -2.47. The molecular weight excluding hydrogens is 356 g/mol. The number of anilines is 2. The van der Waals surface area contributed by atoms with Crippen LogP contribution in [0.2, 0.25) is 0 Å². The minimum atomic E-state index is -0.345. The molecule has 1 aliphatic heterocycles. The second kappa shape index (κ2) is 7.52. The number of hydrogen-bond acceptors (Lipinski definition) is 7. The summed E-state index contributed by atoms with van der Waals surface area (Å²) in [6.07, 6.45) is 3.33. The Morgan fingerprint density at radius 2 is 1.93 bits per heavy atom. The topological polar surface area (TPSA) is 95.9 Å². The lowest BCUT2D eigenvalue weighted by Gasteiger charge is -2.36. The number of benzene rings is 1. The van der Waals surface area contributed by atoms with Crippen molar-refractivity contribution < 1.29 is 0 Å². The minimum absolute atomic E-state index is 0.288. The summed E-state index contributed by atoms with van der Waals surface area (Å²) in [7, 11) is 0. The van der Waals surface area contributed by atoms with Gasteiger partial charge in [-0.15, -0.1) is 0 Å². The van der Waals surface area contributed by atoms with Crippen LogP contribution in [0.5, 0.6) is 0 Å². The molecule has 1 aliphatic rings. The molecule has 0 amide bonds. The van der Waals surface area contributed by atoms with Gasteiger partial charge in [0.1, 0.15) is 13.0 Å². The van der Waals surface area contributed by atoms with Crippen molar-refractivity contribution in [3.8, 4) is 6.07 Å². The summed E-state index contributed by atoms with van der Waals surface area (Å²) in [6.45, 7) is 5.14. The third-order valence-electron chi connectivity index (χ3n) is 4.73. The van der Waals surface area contributed by atoms with Crippen LogP contribution in [0.4, 0.5) is 11.6 Å². The number of piperazine rings is 1. The van der Waals surface area contributed by atoms with Gasteiger partial charge in [-0.3, -0.25) is 9.25 Å². The van der Waals surface area contributed by atoms with Crippen molar-refractivity contribution in [2.75, 3.05) is 36.0 Å². The van der Waals surface area contributed by atoms with Gasteiger partial charge in [0.15, 0.2) is 0 Å². The number of aryl methyl sites for hydroxylation is 1. The Morgan fingerprint density at radius 1 is 1.14 bits per heavy atom. The summed E-state index contributed by atoms with van der Waals surface area (Å²) >= 11 is 0. The second-order valence-corrected chi connectivity index (χ2v) is 6.68. The van der Waals surface area contributed by atoms with E-state index >= 15 is 0 Å². The average Bonchev–Trinajstić information content (AvgIpc) is 3.14. The predicted octanol–water partition coefficient (Wildman–Crippen LogP) is 0.847. The normalized spacial score (nSPS) is 14.1. The van der Waals surface area contributed by atoms with E-state index in [4.69, 9.17) is 5.26 Å². The first-order chi connectivity index (χ1) is 13.6. The summed E-state index contributed by atoms with van der Waals surface area (Å²) in [4.78, 5) is 25.1. The predicted molar refractivity (Wildman–Crippen MR) is 104 cm³/mol. The summed E-state index contributed by atoms with van der Waals surface area (Å²) in [5.41, 5.74) is 2.23. The van der Waals surface area contributed by atoms with Gasteiger partial charge in [0.25, 0.3) is 0 Å². The zero-order chi connectivity index (χ0) is 19.5. The summed E-state index contributed by atoms with van der Waals surface area (Å²) < 4.78 is 3.10. The van der Waals surface area contributed by atoms with Gasteiger partial charge in [-0.25, -0.2) is 9.78 Å². The molecule has 0 N–H and O–H groups in total. The maximum absolute atomic E-state index is 12.4. The number of nitriles is 1. The highest BCUT2D eigenvalue weighted by Gasteiger charge is 2.20. The van der Waals surface area contributed by atoms with E-state index in [1.807, 2.05) is 42.3 Å². The molecule has 142 valence electrons. The van der Waals surface area contributed by atoms with E-state index in [1.165, 1.54) is 10.9 Å². The molecule has 0 bridgehead atoms. The lowest BCUT2D eigenvalue weighted by molar-refractivity contribution is 0.511. The molecule has 1 fully saturated rings. The highest BCUT2D eigenvalue weighted by atomic mass is 16.1. The molecule has 0 saturated carbocycles. The van der Waals surface area contributed by atoms with Crippen molar-refractivity contribution in [2.45, 2.75) is 13.6 Å². The molecule has 4 rings (SSSR count). The third-order valence-corrected chi connectivity index (χ3v) is 4.73. The molecular formula is C19H20N8O. The van der Waals surface area contributed by atoms with E-state index in [0.717, 1.165) is 24.5 Å². The molecule has 0 unspecified atom stereocenters. The van der Waals surface area contributed by atoms with Crippen LogP contribution in [-0.4, -0.2) is 50.5 Å². The Balaban J connectivity index is 1.42. The molecule has 1 saturated heterocycles. The Kier molecular flexibility index (Phi) is 4.76. The molecule has 1 aromatic carbocycles. The van der Waals surface area contributed by atoms with Crippen LogP contribution >= 0.6 is 0 Å². The van der Waals surface area contributed by atoms with Crippen molar-refractivity contribution in [1.29, 1.82) is 5.26 Å². The highest BCUT2D eigenvalue weighted by Crippen LogP contribution is 2.19. The maximum atomic E-state index is 12.4. The first kappa shape index (κ1) is 17.7. The van der Waals surface area contributed by atoms with Gasteiger partial charge in [-0.2, -0.15) is 15.3 Å². The first-order valence-corrected chi connectivity index (χ1v) is 9.06. The minimum Gasteiger partial charge on any atom is -0.368 e.